The largest absolute Gasteiger partial charge is 0.385 e. The average Bonchev–Trinajstić information content (AvgIpc) is 2.47. The summed E-state index contributed by atoms with van der Waals surface area (Å²) in [6.45, 7) is 2.78. The number of nitro benzene ring substituents is 1. The van der Waals surface area contributed by atoms with Gasteiger partial charge in [0, 0.05) is 34.2 Å². The minimum Gasteiger partial charge on any atom is -0.385 e. The molecule has 0 spiro atoms. The van der Waals surface area contributed by atoms with Crippen LogP contribution < -0.4 is 5.32 Å². The van der Waals surface area contributed by atoms with Crippen molar-refractivity contribution >= 4 is 23.1 Å². The summed E-state index contributed by atoms with van der Waals surface area (Å²) in [5, 5.41) is 14.1. The van der Waals surface area contributed by atoms with Gasteiger partial charge in [-0.05, 0) is 36.8 Å². The van der Waals surface area contributed by atoms with E-state index in [2.05, 4.69) is 5.32 Å². The molecule has 21 heavy (non-hydrogen) atoms. The van der Waals surface area contributed by atoms with Gasteiger partial charge in [0.05, 0.1) is 4.92 Å². The quantitative estimate of drug-likeness (QED) is 0.620. The van der Waals surface area contributed by atoms with Crippen LogP contribution >= 0.6 is 11.8 Å². The van der Waals surface area contributed by atoms with Gasteiger partial charge in [0.25, 0.3) is 5.69 Å². The number of nitrogens with one attached hydrogen (secondary N) is 1. The number of nitro groups is 1. The maximum absolute atomic E-state index is 12.9. The molecule has 0 aliphatic carbocycles. The molecule has 0 heterocycles. The Morgan fingerprint density at radius 3 is 2.52 bits per heavy atom. The van der Waals surface area contributed by atoms with Gasteiger partial charge in [0.15, 0.2) is 0 Å². The van der Waals surface area contributed by atoms with Crippen molar-refractivity contribution in [2.24, 2.45) is 0 Å². The zero-order valence-electron chi connectivity index (χ0n) is 11.5. The summed E-state index contributed by atoms with van der Waals surface area (Å²) in [6, 6.07) is 10.9. The van der Waals surface area contributed by atoms with Crippen LogP contribution in [0, 0.1) is 15.9 Å². The Balaban J connectivity index is 2.26. The molecule has 2 rings (SSSR count). The monoisotopic (exact) mass is 306 g/mol. The first-order valence-corrected chi connectivity index (χ1v) is 7.37. The van der Waals surface area contributed by atoms with E-state index in [0.717, 1.165) is 28.4 Å². The SMILES string of the molecule is CCCNc1cc(Sc2ccc(F)cc2)cc([N+](=O)[O-])c1. The highest BCUT2D eigenvalue weighted by Crippen LogP contribution is 2.33. The standard InChI is InChI=1S/C15H15FN2O2S/c1-2-7-17-12-8-13(18(19)20)10-15(9-12)21-14-5-3-11(16)4-6-14/h3-6,8-10,17H,2,7H2,1H3. The number of non-ortho nitro benzene ring substituents is 1. The van der Waals surface area contributed by atoms with Gasteiger partial charge < -0.3 is 5.32 Å². The molecule has 110 valence electrons. The van der Waals surface area contributed by atoms with Crippen molar-refractivity contribution in [2.75, 3.05) is 11.9 Å². The van der Waals surface area contributed by atoms with Crippen LogP contribution in [-0.4, -0.2) is 11.5 Å². The maximum Gasteiger partial charge on any atom is 0.272 e. The molecule has 2 aromatic carbocycles. The molecule has 0 aliphatic heterocycles. The average molecular weight is 306 g/mol. The minimum absolute atomic E-state index is 0.0423. The molecule has 6 heteroatoms. The van der Waals surface area contributed by atoms with E-state index in [9.17, 15) is 14.5 Å². The third-order valence-electron chi connectivity index (χ3n) is 2.73. The van der Waals surface area contributed by atoms with E-state index in [1.165, 1.54) is 36.0 Å². The summed E-state index contributed by atoms with van der Waals surface area (Å²) in [5.74, 6) is -0.302. The van der Waals surface area contributed by atoms with Crippen LogP contribution in [0.25, 0.3) is 0 Å². The summed E-state index contributed by atoms with van der Waals surface area (Å²) < 4.78 is 12.9. The highest BCUT2D eigenvalue weighted by molar-refractivity contribution is 7.99. The Morgan fingerprint density at radius 1 is 1.19 bits per heavy atom. The number of halogens is 1. The van der Waals surface area contributed by atoms with Gasteiger partial charge in [-0.25, -0.2) is 4.39 Å². The number of benzene rings is 2. The second kappa shape index (κ2) is 7.08. The highest BCUT2D eigenvalue weighted by Gasteiger charge is 2.10. The fourth-order valence-corrected chi connectivity index (χ4v) is 2.67. The predicted octanol–water partition coefficient (Wildman–Crippen LogP) is 4.71. The molecule has 2 aromatic rings. The lowest BCUT2D eigenvalue weighted by atomic mass is 10.2. The van der Waals surface area contributed by atoms with Gasteiger partial charge in [0.1, 0.15) is 5.82 Å². The van der Waals surface area contributed by atoms with Crippen molar-refractivity contribution in [3.05, 3.63) is 58.4 Å². The molecule has 0 bridgehead atoms. The van der Waals surface area contributed by atoms with E-state index in [1.54, 1.807) is 12.1 Å². The summed E-state index contributed by atoms with van der Waals surface area (Å²) in [7, 11) is 0. The van der Waals surface area contributed by atoms with Crippen LogP contribution in [0.15, 0.2) is 52.3 Å². The van der Waals surface area contributed by atoms with Gasteiger partial charge in [-0.3, -0.25) is 10.1 Å². The molecule has 1 N–H and O–H groups in total. The number of hydrogen-bond acceptors (Lipinski definition) is 4. The number of rotatable bonds is 6. The topological polar surface area (TPSA) is 55.2 Å². The van der Waals surface area contributed by atoms with Gasteiger partial charge >= 0.3 is 0 Å². The summed E-state index contributed by atoms with van der Waals surface area (Å²) in [6.07, 6.45) is 0.934. The first-order chi connectivity index (χ1) is 10.1. The second-order valence-electron chi connectivity index (χ2n) is 4.46. The Morgan fingerprint density at radius 2 is 1.90 bits per heavy atom. The van der Waals surface area contributed by atoms with Crippen molar-refractivity contribution < 1.29 is 9.31 Å². The van der Waals surface area contributed by atoms with Gasteiger partial charge in [-0.2, -0.15) is 0 Å². The fourth-order valence-electron chi connectivity index (χ4n) is 1.76. The van der Waals surface area contributed by atoms with Crippen molar-refractivity contribution in [1.82, 2.24) is 0 Å². The third kappa shape index (κ3) is 4.46. The van der Waals surface area contributed by atoms with E-state index in [-0.39, 0.29) is 11.5 Å². The maximum atomic E-state index is 12.9. The van der Waals surface area contributed by atoms with Crippen molar-refractivity contribution in [2.45, 2.75) is 23.1 Å². The van der Waals surface area contributed by atoms with Gasteiger partial charge in [-0.1, -0.05) is 18.7 Å². The lowest BCUT2D eigenvalue weighted by molar-refractivity contribution is -0.385. The van der Waals surface area contributed by atoms with Crippen molar-refractivity contribution in [1.29, 1.82) is 0 Å². The zero-order chi connectivity index (χ0) is 15.2. The molecule has 0 atom stereocenters. The van der Waals surface area contributed by atoms with Gasteiger partial charge in [0.2, 0.25) is 0 Å². The smallest absolute Gasteiger partial charge is 0.272 e. The Kier molecular flexibility index (Phi) is 5.16. The number of anilines is 1. The predicted molar refractivity (Wildman–Crippen MR) is 82.4 cm³/mol. The molecule has 0 amide bonds. The Hall–Kier alpha value is -2.08. The van der Waals surface area contributed by atoms with E-state index >= 15 is 0 Å². The van der Waals surface area contributed by atoms with Crippen LogP contribution in [0.3, 0.4) is 0 Å². The normalized spacial score (nSPS) is 10.4. The Bertz CT molecular complexity index is 632. The highest BCUT2D eigenvalue weighted by atomic mass is 32.2. The number of nitrogens with zero attached hydrogens (tertiary/aromatic N) is 1. The van der Waals surface area contributed by atoms with Crippen LogP contribution in [0.4, 0.5) is 15.8 Å². The molecule has 0 unspecified atom stereocenters. The molecule has 0 saturated heterocycles. The Labute approximate surface area is 126 Å². The number of hydrogen-bond donors (Lipinski definition) is 1. The lowest BCUT2D eigenvalue weighted by Crippen LogP contribution is -2.00. The second-order valence-corrected chi connectivity index (χ2v) is 5.60. The van der Waals surface area contributed by atoms with Crippen LogP contribution in [-0.2, 0) is 0 Å². The fraction of sp³-hybridized carbons (Fsp3) is 0.200. The molecule has 0 fully saturated rings. The molecule has 0 aromatic heterocycles. The first-order valence-electron chi connectivity index (χ1n) is 6.55. The van der Waals surface area contributed by atoms with Crippen molar-refractivity contribution in [3.8, 4) is 0 Å². The van der Waals surface area contributed by atoms with Crippen LogP contribution in [0.1, 0.15) is 13.3 Å². The minimum atomic E-state index is -0.411. The molecule has 0 aliphatic rings. The molecular weight excluding hydrogens is 291 g/mol. The van der Waals surface area contributed by atoms with Crippen molar-refractivity contribution in [3.63, 3.8) is 0 Å². The van der Waals surface area contributed by atoms with E-state index in [0.29, 0.717) is 0 Å². The molecule has 0 saturated carbocycles. The summed E-state index contributed by atoms with van der Waals surface area (Å²) in [4.78, 5) is 12.2. The van der Waals surface area contributed by atoms with Gasteiger partial charge in [-0.15, -0.1) is 0 Å². The lowest BCUT2D eigenvalue weighted by Gasteiger charge is -2.08. The van der Waals surface area contributed by atoms with Crippen LogP contribution in [0.5, 0.6) is 0 Å². The van der Waals surface area contributed by atoms with Crippen LogP contribution in [0.2, 0.25) is 0 Å². The van der Waals surface area contributed by atoms with E-state index in [4.69, 9.17) is 0 Å². The first kappa shape index (κ1) is 15.3. The summed E-state index contributed by atoms with van der Waals surface area (Å²) >= 11 is 1.36. The zero-order valence-corrected chi connectivity index (χ0v) is 12.3. The third-order valence-corrected chi connectivity index (χ3v) is 3.71. The molecule has 4 nitrogen and oxygen atoms in total. The van der Waals surface area contributed by atoms with E-state index in [1.807, 2.05) is 13.0 Å². The molecule has 0 radical (unpaired) electrons. The summed E-state index contributed by atoms with van der Waals surface area (Å²) in [5.41, 5.74) is 0.761. The molecular formula is C15H15FN2O2S. The van der Waals surface area contributed by atoms with E-state index < -0.39 is 4.92 Å².